The maximum Gasteiger partial charge on any atom is 0.417 e. The number of anilines is 1. The fraction of sp³-hybridized carbons (Fsp3) is 0.226. The van der Waals surface area contributed by atoms with E-state index in [1.807, 2.05) is 42.5 Å². The zero-order valence-electron chi connectivity index (χ0n) is 21.2. The summed E-state index contributed by atoms with van der Waals surface area (Å²) < 4.78 is 60.0. The molecule has 0 bridgehead atoms. The smallest absolute Gasteiger partial charge is 0.417 e. The SMILES string of the molecule is COc1cc(OC)cc(-c2cc(-c3cc(N)ccc3C(F)(F)F)c(OCc3ccccc3)c3c2CCC3)c1. The molecule has 0 heterocycles. The number of alkyl halides is 3. The van der Waals surface area contributed by atoms with Crippen LogP contribution in [0.4, 0.5) is 18.9 Å². The lowest BCUT2D eigenvalue weighted by Gasteiger charge is -2.22. The van der Waals surface area contributed by atoms with Crippen molar-refractivity contribution in [3.05, 3.63) is 95.1 Å². The maximum absolute atomic E-state index is 14.2. The summed E-state index contributed by atoms with van der Waals surface area (Å²) in [6.45, 7) is 0.232. The molecule has 0 radical (unpaired) electrons. The molecule has 0 aromatic heterocycles. The molecule has 196 valence electrons. The molecular formula is C31H28F3NO3. The fourth-order valence-corrected chi connectivity index (χ4v) is 5.10. The van der Waals surface area contributed by atoms with E-state index in [4.69, 9.17) is 19.9 Å². The first-order valence-corrected chi connectivity index (χ1v) is 12.3. The molecular weight excluding hydrogens is 491 g/mol. The number of nitrogens with two attached hydrogens (primary N) is 1. The zero-order chi connectivity index (χ0) is 26.9. The number of rotatable bonds is 7. The highest BCUT2D eigenvalue weighted by Crippen LogP contribution is 2.49. The van der Waals surface area contributed by atoms with Gasteiger partial charge in [0.25, 0.3) is 0 Å². The lowest BCUT2D eigenvalue weighted by Crippen LogP contribution is -2.09. The van der Waals surface area contributed by atoms with Crippen LogP contribution in [0.25, 0.3) is 22.3 Å². The number of methoxy groups -OCH3 is 2. The molecule has 0 atom stereocenters. The third kappa shape index (κ3) is 5.01. The van der Waals surface area contributed by atoms with E-state index < -0.39 is 11.7 Å². The highest BCUT2D eigenvalue weighted by Gasteiger charge is 2.35. The highest BCUT2D eigenvalue weighted by molar-refractivity contribution is 5.86. The largest absolute Gasteiger partial charge is 0.497 e. The van der Waals surface area contributed by atoms with Crippen LogP contribution in [-0.2, 0) is 25.6 Å². The first-order valence-electron chi connectivity index (χ1n) is 12.3. The molecule has 2 N–H and O–H groups in total. The Kier molecular flexibility index (Phi) is 6.93. The van der Waals surface area contributed by atoms with Gasteiger partial charge in [0.2, 0.25) is 0 Å². The second-order valence-corrected chi connectivity index (χ2v) is 9.29. The van der Waals surface area contributed by atoms with Crippen molar-refractivity contribution in [3.63, 3.8) is 0 Å². The van der Waals surface area contributed by atoms with E-state index in [1.54, 1.807) is 26.4 Å². The normalized spacial score (nSPS) is 12.8. The van der Waals surface area contributed by atoms with E-state index in [2.05, 4.69) is 0 Å². The summed E-state index contributed by atoms with van der Waals surface area (Å²) >= 11 is 0. The molecule has 0 fully saturated rings. The van der Waals surface area contributed by atoms with Crippen molar-refractivity contribution < 1.29 is 27.4 Å². The summed E-state index contributed by atoms with van der Waals surface area (Å²) in [5.74, 6) is 1.66. The summed E-state index contributed by atoms with van der Waals surface area (Å²) in [5, 5.41) is 0. The van der Waals surface area contributed by atoms with Crippen LogP contribution in [0, 0.1) is 0 Å². The molecule has 0 unspecified atom stereocenters. The topological polar surface area (TPSA) is 53.7 Å². The minimum absolute atomic E-state index is 0.00799. The van der Waals surface area contributed by atoms with Gasteiger partial charge in [-0.2, -0.15) is 13.2 Å². The van der Waals surface area contributed by atoms with Gasteiger partial charge in [0.05, 0.1) is 19.8 Å². The summed E-state index contributed by atoms with van der Waals surface area (Å²) in [4.78, 5) is 0. The number of nitrogen functional groups attached to an aromatic ring is 1. The van der Waals surface area contributed by atoms with Crippen LogP contribution in [-0.4, -0.2) is 14.2 Å². The second kappa shape index (κ2) is 10.3. The molecule has 7 heteroatoms. The van der Waals surface area contributed by atoms with E-state index in [1.165, 1.54) is 12.1 Å². The van der Waals surface area contributed by atoms with Crippen LogP contribution in [0.3, 0.4) is 0 Å². The Hall–Kier alpha value is -4.13. The molecule has 38 heavy (non-hydrogen) atoms. The summed E-state index contributed by atoms with van der Waals surface area (Å²) in [6, 6.07) is 20.6. The lowest BCUT2D eigenvalue weighted by molar-refractivity contribution is -0.137. The van der Waals surface area contributed by atoms with Crippen LogP contribution in [0.1, 0.15) is 28.7 Å². The number of hydrogen-bond donors (Lipinski definition) is 1. The maximum atomic E-state index is 14.2. The third-order valence-electron chi connectivity index (χ3n) is 6.88. The minimum atomic E-state index is -4.57. The molecule has 4 nitrogen and oxygen atoms in total. The molecule has 0 amide bonds. The van der Waals surface area contributed by atoms with Crippen molar-refractivity contribution >= 4 is 5.69 Å². The molecule has 4 aromatic carbocycles. The molecule has 4 aromatic rings. The summed E-state index contributed by atoms with van der Waals surface area (Å²) in [7, 11) is 3.13. The van der Waals surface area contributed by atoms with Gasteiger partial charge in [-0.3, -0.25) is 0 Å². The molecule has 1 aliphatic rings. The number of benzene rings is 4. The van der Waals surface area contributed by atoms with Crippen LogP contribution in [0.5, 0.6) is 17.2 Å². The summed E-state index contributed by atoms with van der Waals surface area (Å²) in [6.07, 6.45) is -2.21. The molecule has 1 aliphatic carbocycles. The Morgan fingerprint density at radius 2 is 1.45 bits per heavy atom. The van der Waals surface area contributed by atoms with Gasteiger partial charge in [0.15, 0.2) is 0 Å². The van der Waals surface area contributed by atoms with Crippen LogP contribution in [0.2, 0.25) is 0 Å². The minimum Gasteiger partial charge on any atom is -0.497 e. The van der Waals surface area contributed by atoms with Crippen molar-refractivity contribution in [2.75, 3.05) is 20.0 Å². The van der Waals surface area contributed by atoms with Gasteiger partial charge >= 0.3 is 6.18 Å². The Labute approximate surface area is 219 Å². The van der Waals surface area contributed by atoms with Gasteiger partial charge in [0.1, 0.15) is 23.9 Å². The van der Waals surface area contributed by atoms with E-state index in [0.29, 0.717) is 29.2 Å². The average molecular weight is 520 g/mol. The molecule has 5 rings (SSSR count). The number of halogens is 3. The first-order chi connectivity index (χ1) is 18.3. The predicted octanol–water partition coefficient (Wildman–Crippen LogP) is 7.71. The number of fused-ring (bicyclic) bond motifs is 1. The highest BCUT2D eigenvalue weighted by atomic mass is 19.4. The quantitative estimate of drug-likeness (QED) is 0.254. The summed E-state index contributed by atoms with van der Waals surface area (Å²) in [5.41, 5.74) is 10.4. The van der Waals surface area contributed by atoms with Gasteiger partial charge in [-0.25, -0.2) is 0 Å². The van der Waals surface area contributed by atoms with Gasteiger partial charge in [-0.1, -0.05) is 30.3 Å². The van der Waals surface area contributed by atoms with Gasteiger partial charge in [-0.05, 0) is 89.0 Å². The Morgan fingerprint density at radius 3 is 2.11 bits per heavy atom. The van der Waals surface area contributed by atoms with Gasteiger partial charge < -0.3 is 19.9 Å². The number of ether oxygens (including phenoxy) is 3. The van der Waals surface area contributed by atoms with Gasteiger partial charge in [-0.15, -0.1) is 0 Å². The first kappa shape index (κ1) is 25.5. The second-order valence-electron chi connectivity index (χ2n) is 9.29. The van der Waals surface area contributed by atoms with Crippen molar-refractivity contribution in [2.24, 2.45) is 0 Å². The molecule has 0 saturated heterocycles. The molecule has 0 saturated carbocycles. The van der Waals surface area contributed by atoms with Crippen molar-refractivity contribution in [3.8, 4) is 39.5 Å². The zero-order valence-corrected chi connectivity index (χ0v) is 21.2. The van der Waals surface area contributed by atoms with Crippen LogP contribution in [0.15, 0.2) is 72.8 Å². The molecule has 0 aliphatic heterocycles. The van der Waals surface area contributed by atoms with Gasteiger partial charge in [0, 0.05) is 17.3 Å². The lowest BCUT2D eigenvalue weighted by atomic mass is 9.88. The Balaban J connectivity index is 1.77. The monoisotopic (exact) mass is 519 g/mol. The Bertz CT molecular complexity index is 1440. The predicted molar refractivity (Wildman–Crippen MR) is 143 cm³/mol. The standard InChI is InChI=1S/C31H28F3NO3/c1-36-22-13-20(14-23(16-22)37-2)26-17-28(27-15-21(35)11-12-29(27)31(32,33)34)30(25-10-6-9-24(25)26)38-18-19-7-4-3-5-8-19/h3-5,7-8,11-17H,6,9-10,18,35H2,1-2H3. The fourth-order valence-electron chi connectivity index (χ4n) is 5.10. The van der Waals surface area contributed by atoms with Crippen LogP contribution < -0.4 is 19.9 Å². The van der Waals surface area contributed by atoms with Crippen molar-refractivity contribution in [1.29, 1.82) is 0 Å². The number of hydrogen-bond acceptors (Lipinski definition) is 4. The van der Waals surface area contributed by atoms with Crippen molar-refractivity contribution in [2.45, 2.75) is 32.0 Å². The average Bonchev–Trinajstić information content (AvgIpc) is 3.41. The van der Waals surface area contributed by atoms with E-state index in [0.717, 1.165) is 46.7 Å². The third-order valence-corrected chi connectivity index (χ3v) is 6.88. The van der Waals surface area contributed by atoms with E-state index in [-0.39, 0.29) is 17.9 Å². The molecule has 0 spiro atoms. The van der Waals surface area contributed by atoms with Crippen molar-refractivity contribution in [1.82, 2.24) is 0 Å². The Morgan fingerprint density at radius 1 is 0.763 bits per heavy atom. The van der Waals surface area contributed by atoms with Crippen LogP contribution >= 0.6 is 0 Å². The van der Waals surface area contributed by atoms with E-state index in [9.17, 15) is 13.2 Å². The van der Waals surface area contributed by atoms with E-state index >= 15 is 0 Å².